The van der Waals surface area contributed by atoms with Crippen LogP contribution in [0.2, 0.25) is 0 Å². The summed E-state index contributed by atoms with van der Waals surface area (Å²) in [5.41, 5.74) is 7.60. The zero-order chi connectivity index (χ0) is 11.2. The van der Waals surface area contributed by atoms with Gasteiger partial charge in [0.25, 0.3) is 0 Å². The molecule has 3 N–H and O–H groups in total. The molecule has 1 aliphatic carbocycles. The number of aliphatic hydroxyl groups excluding tert-OH is 1. The average Bonchev–Trinajstić information content (AvgIpc) is 2.71. The van der Waals surface area contributed by atoms with E-state index >= 15 is 0 Å². The molecule has 3 rings (SSSR count). The Morgan fingerprint density at radius 2 is 2.38 bits per heavy atom. The van der Waals surface area contributed by atoms with E-state index in [4.69, 9.17) is 5.73 Å². The number of hydrogen-bond donors (Lipinski definition) is 2. The summed E-state index contributed by atoms with van der Waals surface area (Å²) < 4.78 is 1.75. The Bertz CT molecular complexity index is 515. The van der Waals surface area contributed by atoms with Crippen molar-refractivity contribution in [3.8, 4) is 0 Å². The van der Waals surface area contributed by atoms with Crippen molar-refractivity contribution in [1.82, 2.24) is 14.6 Å². The SMILES string of the molecule is NCC1(c2cnc3ccnn3c2)CC(O)C1. The molecule has 5 heteroatoms. The van der Waals surface area contributed by atoms with Gasteiger partial charge in [0.1, 0.15) is 0 Å². The number of nitrogens with zero attached hydrogens (tertiary/aromatic N) is 3. The van der Waals surface area contributed by atoms with Crippen LogP contribution in [-0.2, 0) is 5.41 Å². The molecule has 5 nitrogen and oxygen atoms in total. The van der Waals surface area contributed by atoms with Crippen LogP contribution in [0.25, 0.3) is 5.65 Å². The molecule has 2 heterocycles. The highest BCUT2D eigenvalue weighted by molar-refractivity contribution is 5.38. The molecule has 0 saturated heterocycles. The van der Waals surface area contributed by atoms with Crippen molar-refractivity contribution in [1.29, 1.82) is 0 Å². The average molecular weight is 218 g/mol. The fourth-order valence-electron chi connectivity index (χ4n) is 2.45. The summed E-state index contributed by atoms with van der Waals surface area (Å²) in [6.45, 7) is 0.540. The first kappa shape index (κ1) is 9.74. The van der Waals surface area contributed by atoms with Crippen molar-refractivity contribution in [2.24, 2.45) is 5.73 Å². The van der Waals surface area contributed by atoms with Gasteiger partial charge in [-0.1, -0.05) is 0 Å². The fraction of sp³-hybridized carbons (Fsp3) is 0.455. The topological polar surface area (TPSA) is 76.4 Å². The maximum absolute atomic E-state index is 9.45. The maximum Gasteiger partial charge on any atom is 0.154 e. The summed E-state index contributed by atoms with van der Waals surface area (Å²) in [5, 5.41) is 13.6. The van der Waals surface area contributed by atoms with Crippen molar-refractivity contribution >= 4 is 5.65 Å². The van der Waals surface area contributed by atoms with Gasteiger partial charge in [-0.15, -0.1) is 0 Å². The molecule has 0 bridgehead atoms. The van der Waals surface area contributed by atoms with Gasteiger partial charge in [-0.05, 0) is 18.4 Å². The number of rotatable bonds is 2. The second-order valence-corrected chi connectivity index (χ2v) is 4.52. The molecule has 0 aliphatic heterocycles. The van der Waals surface area contributed by atoms with Crippen molar-refractivity contribution in [2.45, 2.75) is 24.4 Å². The van der Waals surface area contributed by atoms with Gasteiger partial charge in [0.2, 0.25) is 0 Å². The van der Waals surface area contributed by atoms with Gasteiger partial charge in [0, 0.05) is 30.4 Å². The Hall–Kier alpha value is -1.46. The summed E-state index contributed by atoms with van der Waals surface area (Å²) in [4.78, 5) is 4.33. The van der Waals surface area contributed by atoms with Gasteiger partial charge in [0.05, 0.1) is 12.3 Å². The molecule has 0 atom stereocenters. The first-order chi connectivity index (χ1) is 7.73. The van der Waals surface area contributed by atoms with Crippen LogP contribution < -0.4 is 5.73 Å². The first-order valence-electron chi connectivity index (χ1n) is 5.41. The van der Waals surface area contributed by atoms with E-state index in [0.29, 0.717) is 6.54 Å². The summed E-state index contributed by atoms with van der Waals surface area (Å²) in [6.07, 6.45) is 6.74. The second-order valence-electron chi connectivity index (χ2n) is 4.52. The van der Waals surface area contributed by atoms with Crippen LogP contribution in [0, 0.1) is 0 Å². The summed E-state index contributed by atoms with van der Waals surface area (Å²) in [7, 11) is 0. The molecule has 2 aromatic rings. The maximum atomic E-state index is 9.45. The van der Waals surface area contributed by atoms with E-state index < -0.39 is 0 Å². The van der Waals surface area contributed by atoms with E-state index in [1.165, 1.54) is 0 Å². The lowest BCUT2D eigenvalue weighted by Crippen LogP contribution is -2.50. The minimum atomic E-state index is -0.225. The molecule has 0 aromatic carbocycles. The normalized spacial score (nSPS) is 29.2. The molecule has 2 aromatic heterocycles. The highest BCUT2D eigenvalue weighted by Crippen LogP contribution is 2.42. The zero-order valence-electron chi connectivity index (χ0n) is 8.87. The molecule has 16 heavy (non-hydrogen) atoms. The molecule has 1 aliphatic rings. The molecule has 84 valence electrons. The molecular formula is C11H14N4O. The van der Waals surface area contributed by atoms with Gasteiger partial charge in [0.15, 0.2) is 5.65 Å². The molecule has 0 unspecified atom stereocenters. The van der Waals surface area contributed by atoms with Crippen LogP contribution in [-0.4, -0.2) is 32.4 Å². The minimum Gasteiger partial charge on any atom is -0.393 e. The van der Waals surface area contributed by atoms with Crippen LogP contribution in [0.15, 0.2) is 24.7 Å². The highest BCUT2D eigenvalue weighted by Gasteiger charge is 2.44. The summed E-state index contributed by atoms with van der Waals surface area (Å²) >= 11 is 0. The number of fused-ring (bicyclic) bond motifs is 1. The van der Waals surface area contributed by atoms with Gasteiger partial charge >= 0.3 is 0 Å². The summed E-state index contributed by atoms with van der Waals surface area (Å²) in [5.74, 6) is 0. The zero-order valence-corrected chi connectivity index (χ0v) is 8.87. The van der Waals surface area contributed by atoms with Gasteiger partial charge in [-0.3, -0.25) is 0 Å². The Morgan fingerprint density at radius 1 is 1.56 bits per heavy atom. The number of hydrogen-bond acceptors (Lipinski definition) is 4. The quantitative estimate of drug-likeness (QED) is 0.748. The van der Waals surface area contributed by atoms with Gasteiger partial charge in [-0.2, -0.15) is 5.10 Å². The van der Waals surface area contributed by atoms with Crippen molar-refractivity contribution < 1.29 is 5.11 Å². The Kier molecular flexibility index (Phi) is 1.99. The lowest BCUT2D eigenvalue weighted by molar-refractivity contribution is 0.0218. The predicted octanol–water partition coefficient (Wildman–Crippen LogP) is 0.0805. The molecule has 1 saturated carbocycles. The monoisotopic (exact) mass is 218 g/mol. The van der Waals surface area contributed by atoms with Crippen LogP contribution in [0.5, 0.6) is 0 Å². The van der Waals surface area contributed by atoms with Crippen molar-refractivity contribution in [2.75, 3.05) is 6.54 Å². The minimum absolute atomic E-state index is 0.105. The highest BCUT2D eigenvalue weighted by atomic mass is 16.3. The van der Waals surface area contributed by atoms with Crippen LogP contribution in [0.3, 0.4) is 0 Å². The Labute approximate surface area is 92.9 Å². The third kappa shape index (κ3) is 1.25. The van der Waals surface area contributed by atoms with Crippen molar-refractivity contribution in [3.05, 3.63) is 30.2 Å². The fourth-order valence-corrected chi connectivity index (χ4v) is 2.45. The smallest absolute Gasteiger partial charge is 0.154 e. The van der Waals surface area contributed by atoms with Crippen LogP contribution in [0.4, 0.5) is 0 Å². The second kappa shape index (κ2) is 3.26. The Morgan fingerprint density at radius 3 is 3.06 bits per heavy atom. The number of nitrogens with two attached hydrogens (primary N) is 1. The van der Waals surface area contributed by atoms with E-state index in [-0.39, 0.29) is 11.5 Å². The van der Waals surface area contributed by atoms with Crippen molar-refractivity contribution in [3.63, 3.8) is 0 Å². The lowest BCUT2D eigenvalue weighted by Gasteiger charge is -2.44. The van der Waals surface area contributed by atoms with E-state index in [0.717, 1.165) is 24.1 Å². The third-order valence-corrected chi connectivity index (χ3v) is 3.50. The Balaban J connectivity index is 2.04. The van der Waals surface area contributed by atoms with E-state index in [1.807, 2.05) is 18.5 Å². The summed E-state index contributed by atoms with van der Waals surface area (Å²) in [6, 6.07) is 1.86. The standard InChI is InChI=1S/C11H14N4O/c12-7-11(3-9(16)4-11)8-5-13-10-1-2-14-15(10)6-8/h1-2,5-6,9,16H,3-4,7,12H2. The largest absolute Gasteiger partial charge is 0.393 e. The van der Waals surface area contributed by atoms with Gasteiger partial charge in [-0.25, -0.2) is 9.50 Å². The van der Waals surface area contributed by atoms with E-state index in [2.05, 4.69) is 10.1 Å². The van der Waals surface area contributed by atoms with Crippen LogP contribution in [0.1, 0.15) is 18.4 Å². The van der Waals surface area contributed by atoms with E-state index in [1.54, 1.807) is 10.7 Å². The third-order valence-electron chi connectivity index (χ3n) is 3.50. The number of aromatic nitrogens is 3. The van der Waals surface area contributed by atoms with Gasteiger partial charge < -0.3 is 10.8 Å². The van der Waals surface area contributed by atoms with E-state index in [9.17, 15) is 5.11 Å². The molecule has 1 fully saturated rings. The molecule has 0 radical (unpaired) electrons. The first-order valence-corrected chi connectivity index (χ1v) is 5.41. The molecule has 0 spiro atoms. The molecular weight excluding hydrogens is 204 g/mol. The number of aliphatic hydroxyl groups is 1. The van der Waals surface area contributed by atoms with Crippen LogP contribution >= 0.6 is 0 Å². The molecule has 0 amide bonds. The lowest BCUT2D eigenvalue weighted by atomic mass is 9.63. The predicted molar refractivity (Wildman–Crippen MR) is 59.0 cm³/mol.